The van der Waals surface area contributed by atoms with Crippen molar-refractivity contribution in [2.75, 3.05) is 19.8 Å². The van der Waals surface area contributed by atoms with Gasteiger partial charge in [-0.2, -0.15) is 0 Å². The second kappa shape index (κ2) is 7.14. The number of benzene rings is 2. The van der Waals surface area contributed by atoms with E-state index >= 15 is 0 Å². The zero-order valence-corrected chi connectivity index (χ0v) is 15.9. The lowest BCUT2D eigenvalue weighted by Crippen LogP contribution is -2.41. The highest BCUT2D eigenvalue weighted by Gasteiger charge is 2.49. The summed E-state index contributed by atoms with van der Waals surface area (Å²) in [6.07, 6.45) is 0. The summed E-state index contributed by atoms with van der Waals surface area (Å²) >= 11 is 0. The molecule has 1 atom stereocenters. The van der Waals surface area contributed by atoms with Gasteiger partial charge in [0, 0.05) is 17.7 Å². The molecule has 1 N–H and O–H groups in total. The molecule has 0 aromatic heterocycles. The quantitative estimate of drug-likeness (QED) is 0.345. The summed E-state index contributed by atoms with van der Waals surface area (Å²) in [6.45, 7) is 1.82. The van der Waals surface area contributed by atoms with Gasteiger partial charge in [-0.05, 0) is 42.8 Å². The van der Waals surface area contributed by atoms with Crippen molar-refractivity contribution in [3.05, 3.63) is 63.7 Å². The number of nitrogens with zero attached hydrogens (tertiary/aromatic N) is 2. The van der Waals surface area contributed by atoms with Crippen LogP contribution >= 0.6 is 0 Å². The fourth-order valence-corrected chi connectivity index (χ4v) is 3.40. The molecule has 0 saturated carbocycles. The fraction of sp³-hybridized carbons (Fsp3) is 0.250. The van der Waals surface area contributed by atoms with Crippen LogP contribution in [0.4, 0.5) is 10.5 Å². The van der Waals surface area contributed by atoms with E-state index in [-0.39, 0.29) is 11.3 Å². The molecule has 0 radical (unpaired) electrons. The molecule has 154 valence electrons. The first-order valence-electron chi connectivity index (χ1n) is 9.11. The van der Waals surface area contributed by atoms with Gasteiger partial charge in [0.1, 0.15) is 18.8 Å². The van der Waals surface area contributed by atoms with Gasteiger partial charge in [0.2, 0.25) is 0 Å². The van der Waals surface area contributed by atoms with Crippen LogP contribution in [0.25, 0.3) is 0 Å². The monoisotopic (exact) mass is 411 g/mol. The van der Waals surface area contributed by atoms with Gasteiger partial charge in [-0.3, -0.25) is 24.6 Å². The molecule has 10 nitrogen and oxygen atoms in total. The molecule has 0 spiro atoms. The normalized spacial score (nSPS) is 20.1. The molecule has 1 fully saturated rings. The highest BCUT2D eigenvalue weighted by molar-refractivity contribution is 6.11. The predicted octanol–water partition coefficient (Wildman–Crippen LogP) is 2.02. The first-order chi connectivity index (χ1) is 14.3. The highest BCUT2D eigenvalue weighted by atomic mass is 16.6. The summed E-state index contributed by atoms with van der Waals surface area (Å²) in [7, 11) is 0. The number of imide groups is 1. The Morgan fingerprint density at radius 3 is 2.47 bits per heavy atom. The second-order valence-electron chi connectivity index (χ2n) is 7.03. The Bertz CT molecular complexity index is 1070. The first kappa shape index (κ1) is 19.4. The molecule has 1 saturated heterocycles. The zero-order valence-electron chi connectivity index (χ0n) is 15.9. The number of rotatable bonds is 5. The van der Waals surface area contributed by atoms with Crippen LogP contribution < -0.4 is 14.8 Å². The topological polar surface area (TPSA) is 128 Å². The standard InChI is InChI=1S/C20H17N3O7/c1-20(13-3-5-14(6-4-13)23(27)28)18(25)22(19(26)21-20)11-15(24)12-2-7-16-17(10-12)30-9-8-29-16/h2-7,10H,8-9,11H2,1H3,(H,21,26)/t20-/m0/s1. The second-order valence-corrected chi connectivity index (χ2v) is 7.03. The largest absolute Gasteiger partial charge is 0.486 e. The molecule has 10 heteroatoms. The third kappa shape index (κ3) is 3.21. The van der Waals surface area contributed by atoms with E-state index in [2.05, 4.69) is 5.32 Å². The summed E-state index contributed by atoms with van der Waals surface area (Å²) in [5.74, 6) is -0.103. The van der Waals surface area contributed by atoms with Gasteiger partial charge in [0.05, 0.1) is 11.5 Å². The van der Waals surface area contributed by atoms with Crippen molar-refractivity contribution in [1.82, 2.24) is 10.2 Å². The van der Waals surface area contributed by atoms with Crippen molar-refractivity contribution in [2.24, 2.45) is 0 Å². The molecule has 0 unspecified atom stereocenters. The van der Waals surface area contributed by atoms with Gasteiger partial charge in [0.15, 0.2) is 17.3 Å². The molecular formula is C20H17N3O7. The Labute approximate surface area is 170 Å². The van der Waals surface area contributed by atoms with Gasteiger partial charge in [-0.1, -0.05) is 0 Å². The summed E-state index contributed by atoms with van der Waals surface area (Å²) < 4.78 is 10.9. The van der Waals surface area contributed by atoms with E-state index in [4.69, 9.17) is 9.47 Å². The van der Waals surface area contributed by atoms with E-state index in [0.29, 0.717) is 30.3 Å². The molecule has 2 heterocycles. The van der Waals surface area contributed by atoms with Crippen LogP contribution in [0.2, 0.25) is 0 Å². The van der Waals surface area contributed by atoms with E-state index in [1.54, 1.807) is 12.1 Å². The molecule has 2 aliphatic heterocycles. The number of nitrogens with one attached hydrogen (secondary N) is 1. The molecule has 0 aliphatic carbocycles. The van der Waals surface area contributed by atoms with Crippen molar-refractivity contribution in [3.8, 4) is 11.5 Å². The van der Waals surface area contributed by atoms with Crippen molar-refractivity contribution in [1.29, 1.82) is 0 Å². The number of carbonyl (C=O) groups excluding carboxylic acids is 3. The molecule has 2 aromatic carbocycles. The lowest BCUT2D eigenvalue weighted by Gasteiger charge is -2.22. The number of carbonyl (C=O) groups is 3. The average Bonchev–Trinajstić information content (AvgIpc) is 2.97. The van der Waals surface area contributed by atoms with Gasteiger partial charge in [-0.25, -0.2) is 4.79 Å². The molecule has 2 aromatic rings. The van der Waals surface area contributed by atoms with Crippen molar-refractivity contribution in [3.63, 3.8) is 0 Å². The number of amides is 3. The average molecular weight is 411 g/mol. The number of urea groups is 1. The van der Waals surface area contributed by atoms with Gasteiger partial charge >= 0.3 is 6.03 Å². The lowest BCUT2D eigenvalue weighted by molar-refractivity contribution is -0.384. The third-order valence-corrected chi connectivity index (χ3v) is 5.10. The maximum Gasteiger partial charge on any atom is 0.325 e. The van der Waals surface area contributed by atoms with Crippen LogP contribution in [-0.4, -0.2) is 47.3 Å². The van der Waals surface area contributed by atoms with Crippen LogP contribution in [0.3, 0.4) is 0 Å². The van der Waals surface area contributed by atoms with Gasteiger partial charge in [-0.15, -0.1) is 0 Å². The number of ketones is 1. The molecular weight excluding hydrogens is 394 g/mol. The van der Waals surface area contributed by atoms with Crippen LogP contribution in [0.5, 0.6) is 11.5 Å². The predicted molar refractivity (Wildman–Crippen MR) is 102 cm³/mol. The maximum atomic E-state index is 13.0. The van der Waals surface area contributed by atoms with Crippen molar-refractivity contribution in [2.45, 2.75) is 12.5 Å². The minimum Gasteiger partial charge on any atom is -0.486 e. The Kier molecular flexibility index (Phi) is 4.61. The summed E-state index contributed by atoms with van der Waals surface area (Å²) in [5.41, 5.74) is -0.909. The number of nitro groups is 1. The number of fused-ring (bicyclic) bond motifs is 1. The van der Waals surface area contributed by atoms with Crippen LogP contribution in [-0.2, 0) is 10.3 Å². The number of nitro benzene ring substituents is 1. The van der Waals surface area contributed by atoms with Gasteiger partial charge < -0.3 is 14.8 Å². The molecule has 4 rings (SSSR count). The maximum absolute atomic E-state index is 13.0. The number of Topliss-reactive ketones (excluding diaryl/α,β-unsaturated/α-hetero) is 1. The van der Waals surface area contributed by atoms with E-state index in [1.165, 1.54) is 37.3 Å². The molecule has 3 amide bonds. The Balaban J connectivity index is 1.54. The van der Waals surface area contributed by atoms with E-state index in [1.807, 2.05) is 0 Å². The first-order valence-corrected chi connectivity index (χ1v) is 9.11. The number of ether oxygens (including phenoxy) is 2. The van der Waals surface area contributed by atoms with Crippen molar-refractivity contribution < 1.29 is 28.8 Å². The lowest BCUT2D eigenvalue weighted by atomic mass is 9.92. The summed E-state index contributed by atoms with van der Waals surface area (Å²) in [5, 5.41) is 13.4. The summed E-state index contributed by atoms with van der Waals surface area (Å²) in [4.78, 5) is 49.2. The molecule has 30 heavy (non-hydrogen) atoms. The van der Waals surface area contributed by atoms with Gasteiger partial charge in [0.25, 0.3) is 11.6 Å². The number of non-ortho nitro benzene ring substituents is 1. The SMILES string of the molecule is C[C@@]1(c2ccc([N+](=O)[O-])cc2)NC(=O)N(CC(=O)c2ccc3c(c2)OCCO3)C1=O. The zero-order chi connectivity index (χ0) is 21.5. The van der Waals surface area contributed by atoms with E-state index < -0.39 is 34.7 Å². The van der Waals surface area contributed by atoms with E-state index in [0.717, 1.165) is 4.90 Å². The third-order valence-electron chi connectivity index (χ3n) is 5.10. The highest BCUT2D eigenvalue weighted by Crippen LogP contribution is 2.32. The minimum atomic E-state index is -1.43. The molecule has 2 aliphatic rings. The number of hydrogen-bond acceptors (Lipinski definition) is 7. The van der Waals surface area contributed by atoms with Crippen LogP contribution in [0.1, 0.15) is 22.8 Å². The number of hydrogen-bond donors (Lipinski definition) is 1. The summed E-state index contributed by atoms with van der Waals surface area (Å²) in [6, 6.07) is 9.27. The van der Waals surface area contributed by atoms with Crippen LogP contribution in [0.15, 0.2) is 42.5 Å². The Morgan fingerprint density at radius 1 is 1.13 bits per heavy atom. The Hall–Kier alpha value is -3.95. The fourth-order valence-electron chi connectivity index (χ4n) is 3.40. The minimum absolute atomic E-state index is 0.134. The Morgan fingerprint density at radius 2 is 1.80 bits per heavy atom. The van der Waals surface area contributed by atoms with E-state index in [9.17, 15) is 24.5 Å². The van der Waals surface area contributed by atoms with Crippen molar-refractivity contribution >= 4 is 23.4 Å². The van der Waals surface area contributed by atoms with Crippen LogP contribution in [0, 0.1) is 10.1 Å². The molecule has 0 bridgehead atoms. The smallest absolute Gasteiger partial charge is 0.325 e.